The van der Waals surface area contributed by atoms with Crippen LogP contribution in [0.15, 0.2) is 26.8 Å². The molecule has 2 heterocycles. The highest BCUT2D eigenvalue weighted by atomic mass is 32.1. The summed E-state index contributed by atoms with van der Waals surface area (Å²) < 4.78 is 0. The zero-order valence-corrected chi connectivity index (χ0v) is 13.1. The molecule has 0 saturated heterocycles. The molecule has 104 valence electrons. The van der Waals surface area contributed by atoms with Crippen LogP contribution in [0.3, 0.4) is 0 Å². The van der Waals surface area contributed by atoms with E-state index in [1.807, 2.05) is 14.0 Å². The van der Waals surface area contributed by atoms with Crippen LogP contribution in [0, 0.1) is 5.92 Å². The van der Waals surface area contributed by atoms with E-state index < -0.39 is 0 Å². The van der Waals surface area contributed by atoms with Crippen molar-refractivity contribution in [3.63, 3.8) is 0 Å². The zero-order valence-electron chi connectivity index (χ0n) is 12.3. The van der Waals surface area contributed by atoms with Gasteiger partial charge in [-0.3, -0.25) is 0 Å². The minimum Gasteiger partial charge on any atom is -0.341 e. The molecule has 5 heteroatoms. The highest BCUT2D eigenvalue weighted by Crippen LogP contribution is 2.16. The Labute approximate surface area is 119 Å². The minimum absolute atomic E-state index is 0.00789. The van der Waals surface area contributed by atoms with Crippen molar-refractivity contribution in [2.75, 3.05) is 14.1 Å². The summed E-state index contributed by atoms with van der Waals surface area (Å²) in [5.74, 6) is 2.51. The molecule has 1 atom stereocenters. The van der Waals surface area contributed by atoms with Crippen LogP contribution in [-0.2, 0) is 6.54 Å². The van der Waals surface area contributed by atoms with Crippen molar-refractivity contribution in [3.05, 3.63) is 22.4 Å². The van der Waals surface area contributed by atoms with Crippen LogP contribution in [0.2, 0.25) is 0 Å². The Morgan fingerprint density at radius 1 is 1.42 bits per heavy atom. The number of nitrogens with zero attached hydrogens (tertiary/aromatic N) is 4. The fraction of sp³-hybridized carbons (Fsp3) is 0.571. The van der Waals surface area contributed by atoms with E-state index in [9.17, 15) is 0 Å². The molecule has 0 aromatic carbocycles. The van der Waals surface area contributed by atoms with Gasteiger partial charge < -0.3 is 9.80 Å². The Hall–Kier alpha value is -1.36. The second-order valence-electron chi connectivity index (χ2n) is 5.25. The van der Waals surface area contributed by atoms with Gasteiger partial charge >= 0.3 is 0 Å². The summed E-state index contributed by atoms with van der Waals surface area (Å²) in [7, 11) is 4.14. The standard InChI is InChI=1S/C14H22N4S/c1-10(2)13-15-11(3)16-14(18(13)5)17(4)8-12-6-7-19-9-12/h6-7,9-11H,8H2,1-5H3. The van der Waals surface area contributed by atoms with Crippen LogP contribution in [-0.4, -0.2) is 41.9 Å². The van der Waals surface area contributed by atoms with E-state index in [4.69, 9.17) is 0 Å². The van der Waals surface area contributed by atoms with Crippen LogP contribution in [0.25, 0.3) is 0 Å². The smallest absolute Gasteiger partial charge is 0.204 e. The monoisotopic (exact) mass is 278 g/mol. The second-order valence-corrected chi connectivity index (χ2v) is 6.03. The molecule has 0 amide bonds. The van der Waals surface area contributed by atoms with Gasteiger partial charge in [-0.2, -0.15) is 11.3 Å². The summed E-state index contributed by atoms with van der Waals surface area (Å²) in [5, 5.41) is 4.29. The van der Waals surface area contributed by atoms with Gasteiger partial charge in [-0.25, -0.2) is 9.98 Å². The van der Waals surface area contributed by atoms with Crippen molar-refractivity contribution in [2.45, 2.75) is 33.5 Å². The molecule has 0 fully saturated rings. The summed E-state index contributed by atoms with van der Waals surface area (Å²) >= 11 is 1.73. The molecule has 0 spiro atoms. The molecule has 1 aromatic rings. The van der Waals surface area contributed by atoms with Crippen molar-refractivity contribution in [3.8, 4) is 0 Å². The van der Waals surface area contributed by atoms with Gasteiger partial charge in [0.05, 0.1) is 0 Å². The normalized spacial score (nSPS) is 19.5. The summed E-state index contributed by atoms with van der Waals surface area (Å²) in [6.07, 6.45) is 0.00789. The number of amidine groups is 1. The van der Waals surface area contributed by atoms with Gasteiger partial charge in [-0.05, 0) is 29.3 Å². The van der Waals surface area contributed by atoms with Crippen LogP contribution in [0.4, 0.5) is 0 Å². The predicted molar refractivity (Wildman–Crippen MR) is 82.7 cm³/mol. The topological polar surface area (TPSA) is 31.2 Å². The van der Waals surface area contributed by atoms with Crippen molar-refractivity contribution >= 4 is 23.1 Å². The molecule has 0 radical (unpaired) electrons. The lowest BCUT2D eigenvalue weighted by molar-refractivity contribution is 0.425. The highest BCUT2D eigenvalue weighted by Gasteiger charge is 2.24. The SMILES string of the molecule is CC1N=C(C(C)C)N(C)C(N(C)Cc2ccsc2)=N1. The average molecular weight is 278 g/mol. The van der Waals surface area contributed by atoms with E-state index in [0.29, 0.717) is 5.92 Å². The van der Waals surface area contributed by atoms with Gasteiger partial charge in [0.1, 0.15) is 12.0 Å². The molecule has 1 aromatic heterocycles. The molecule has 4 nitrogen and oxygen atoms in total. The zero-order chi connectivity index (χ0) is 14.0. The maximum atomic E-state index is 4.66. The van der Waals surface area contributed by atoms with Gasteiger partial charge in [-0.15, -0.1) is 0 Å². The predicted octanol–water partition coefficient (Wildman–Crippen LogP) is 2.88. The summed E-state index contributed by atoms with van der Waals surface area (Å²) in [4.78, 5) is 13.6. The van der Waals surface area contributed by atoms with Crippen molar-refractivity contribution < 1.29 is 0 Å². The largest absolute Gasteiger partial charge is 0.341 e. The average Bonchev–Trinajstić information content (AvgIpc) is 2.84. The summed E-state index contributed by atoms with van der Waals surface area (Å²) in [6, 6.07) is 2.16. The van der Waals surface area contributed by atoms with Gasteiger partial charge in [-0.1, -0.05) is 13.8 Å². The van der Waals surface area contributed by atoms with Crippen LogP contribution >= 0.6 is 11.3 Å². The maximum absolute atomic E-state index is 4.66. The van der Waals surface area contributed by atoms with Crippen molar-refractivity contribution in [1.82, 2.24) is 9.80 Å². The molecule has 1 unspecified atom stereocenters. The first kappa shape index (κ1) is 14.1. The third-order valence-corrected chi connectivity index (χ3v) is 3.85. The van der Waals surface area contributed by atoms with Crippen LogP contribution < -0.4 is 0 Å². The molecule has 0 bridgehead atoms. The lowest BCUT2D eigenvalue weighted by atomic mass is 10.1. The first-order valence-corrected chi connectivity index (χ1v) is 7.54. The number of thiophene rings is 1. The molecule has 1 aliphatic heterocycles. The van der Waals surface area contributed by atoms with Gasteiger partial charge in [0.15, 0.2) is 0 Å². The van der Waals surface area contributed by atoms with E-state index >= 15 is 0 Å². The molecule has 0 saturated carbocycles. The van der Waals surface area contributed by atoms with Crippen molar-refractivity contribution in [1.29, 1.82) is 0 Å². The molecule has 0 aliphatic carbocycles. The Morgan fingerprint density at radius 3 is 2.74 bits per heavy atom. The molecule has 19 heavy (non-hydrogen) atoms. The molecule has 2 rings (SSSR count). The maximum Gasteiger partial charge on any atom is 0.204 e. The van der Waals surface area contributed by atoms with E-state index in [0.717, 1.165) is 18.3 Å². The number of hydrogen-bond donors (Lipinski definition) is 0. The first-order chi connectivity index (χ1) is 8.99. The fourth-order valence-corrected chi connectivity index (χ4v) is 2.94. The van der Waals surface area contributed by atoms with Gasteiger partial charge in [0.2, 0.25) is 5.96 Å². The van der Waals surface area contributed by atoms with Crippen LogP contribution in [0.1, 0.15) is 26.3 Å². The Morgan fingerprint density at radius 2 is 2.16 bits per heavy atom. The van der Waals surface area contributed by atoms with Gasteiger partial charge in [0.25, 0.3) is 0 Å². The molecule has 1 aliphatic rings. The fourth-order valence-electron chi connectivity index (χ4n) is 2.28. The Balaban J connectivity index is 2.15. The number of hydrogen-bond acceptors (Lipinski definition) is 5. The lowest BCUT2D eigenvalue weighted by Gasteiger charge is -2.35. The number of guanidine groups is 1. The Kier molecular flexibility index (Phi) is 4.24. The lowest BCUT2D eigenvalue weighted by Crippen LogP contribution is -2.47. The van der Waals surface area contributed by atoms with Crippen molar-refractivity contribution in [2.24, 2.45) is 15.9 Å². The third-order valence-electron chi connectivity index (χ3n) is 3.12. The van der Waals surface area contributed by atoms with E-state index in [-0.39, 0.29) is 6.17 Å². The van der Waals surface area contributed by atoms with E-state index in [2.05, 4.69) is 57.5 Å². The second kappa shape index (κ2) is 5.74. The van der Waals surface area contributed by atoms with Crippen LogP contribution in [0.5, 0.6) is 0 Å². The quantitative estimate of drug-likeness (QED) is 0.851. The number of aliphatic imine (C=N–C) groups is 2. The Bertz CT molecular complexity index is 476. The minimum atomic E-state index is 0.00789. The summed E-state index contributed by atoms with van der Waals surface area (Å²) in [5.41, 5.74) is 1.32. The van der Waals surface area contributed by atoms with E-state index in [1.54, 1.807) is 11.3 Å². The molecular weight excluding hydrogens is 256 g/mol. The first-order valence-electron chi connectivity index (χ1n) is 6.60. The summed E-state index contributed by atoms with van der Waals surface area (Å²) in [6.45, 7) is 7.26. The van der Waals surface area contributed by atoms with E-state index in [1.165, 1.54) is 5.56 Å². The highest BCUT2D eigenvalue weighted by molar-refractivity contribution is 7.07. The molecular formula is C14H22N4S. The number of rotatable bonds is 3. The molecule has 0 N–H and O–H groups in total. The van der Waals surface area contributed by atoms with Gasteiger partial charge in [0, 0.05) is 26.6 Å². The third kappa shape index (κ3) is 3.15.